The van der Waals surface area contributed by atoms with Crippen molar-refractivity contribution < 1.29 is 9.18 Å². The highest BCUT2D eigenvalue weighted by molar-refractivity contribution is 7.80. The van der Waals surface area contributed by atoms with Crippen LogP contribution < -0.4 is 11.1 Å². The number of hydrogen-bond donors (Lipinski definition) is 2. The standard InChI is InChI=1S/C16H15FN2OS/c1-10-3-2-4-11(7-10)8-15(20)19-12-5-6-14(17)13(9-12)16(18)21/h2-7,9H,8H2,1H3,(H2,18,21)(H,19,20). The predicted molar refractivity (Wildman–Crippen MR) is 85.8 cm³/mol. The van der Waals surface area contributed by atoms with E-state index in [-0.39, 0.29) is 22.9 Å². The molecule has 0 spiro atoms. The summed E-state index contributed by atoms with van der Waals surface area (Å²) >= 11 is 4.77. The third-order valence-electron chi connectivity index (χ3n) is 2.96. The Labute approximate surface area is 128 Å². The molecule has 0 aliphatic carbocycles. The van der Waals surface area contributed by atoms with Gasteiger partial charge in [0.25, 0.3) is 0 Å². The second-order valence-corrected chi connectivity index (χ2v) is 5.21. The fraction of sp³-hybridized carbons (Fsp3) is 0.125. The third-order valence-corrected chi connectivity index (χ3v) is 3.18. The van der Waals surface area contributed by atoms with Gasteiger partial charge in [-0.05, 0) is 30.7 Å². The highest BCUT2D eigenvalue weighted by Gasteiger charge is 2.09. The number of carbonyl (C=O) groups excluding carboxylic acids is 1. The van der Waals surface area contributed by atoms with Gasteiger partial charge >= 0.3 is 0 Å². The minimum atomic E-state index is -0.501. The summed E-state index contributed by atoms with van der Waals surface area (Å²) in [4.78, 5) is 12.0. The molecule has 3 nitrogen and oxygen atoms in total. The Morgan fingerprint density at radius 1 is 1.29 bits per heavy atom. The smallest absolute Gasteiger partial charge is 0.228 e. The molecule has 3 N–H and O–H groups in total. The van der Waals surface area contributed by atoms with Crippen molar-refractivity contribution in [1.29, 1.82) is 0 Å². The maximum Gasteiger partial charge on any atom is 0.228 e. The summed E-state index contributed by atoms with van der Waals surface area (Å²) < 4.78 is 13.5. The summed E-state index contributed by atoms with van der Waals surface area (Å²) in [6.45, 7) is 1.97. The molecule has 2 aromatic rings. The van der Waals surface area contributed by atoms with Crippen molar-refractivity contribution in [2.24, 2.45) is 5.73 Å². The summed E-state index contributed by atoms with van der Waals surface area (Å²) in [5, 5.41) is 2.71. The molecule has 0 fully saturated rings. The first-order valence-corrected chi connectivity index (χ1v) is 6.81. The Morgan fingerprint density at radius 2 is 2.05 bits per heavy atom. The normalized spacial score (nSPS) is 10.2. The van der Waals surface area contributed by atoms with Gasteiger partial charge in [-0.25, -0.2) is 4.39 Å². The number of anilines is 1. The largest absolute Gasteiger partial charge is 0.389 e. The maximum absolute atomic E-state index is 13.5. The predicted octanol–water partition coefficient (Wildman–Crippen LogP) is 2.95. The first kappa shape index (κ1) is 15.1. The summed E-state index contributed by atoms with van der Waals surface area (Å²) in [6.07, 6.45) is 0.251. The van der Waals surface area contributed by atoms with Crippen LogP contribution in [-0.2, 0) is 11.2 Å². The van der Waals surface area contributed by atoms with Crippen molar-refractivity contribution in [2.45, 2.75) is 13.3 Å². The van der Waals surface area contributed by atoms with Crippen LogP contribution in [0.25, 0.3) is 0 Å². The van der Waals surface area contributed by atoms with Gasteiger partial charge < -0.3 is 11.1 Å². The van der Waals surface area contributed by atoms with Crippen LogP contribution in [0, 0.1) is 12.7 Å². The summed E-state index contributed by atoms with van der Waals surface area (Å²) in [6, 6.07) is 11.9. The first-order chi connectivity index (χ1) is 9.95. The molecule has 2 aromatic carbocycles. The fourth-order valence-corrected chi connectivity index (χ4v) is 2.16. The average Bonchev–Trinajstić information content (AvgIpc) is 2.40. The number of halogens is 1. The van der Waals surface area contributed by atoms with E-state index in [4.69, 9.17) is 18.0 Å². The number of nitrogens with two attached hydrogens (primary N) is 1. The Bertz CT molecular complexity index is 700. The van der Waals surface area contributed by atoms with E-state index in [9.17, 15) is 9.18 Å². The summed E-state index contributed by atoms with van der Waals surface area (Å²) in [7, 11) is 0. The zero-order valence-electron chi connectivity index (χ0n) is 11.5. The summed E-state index contributed by atoms with van der Waals surface area (Å²) in [5.74, 6) is -0.680. The first-order valence-electron chi connectivity index (χ1n) is 6.40. The Morgan fingerprint density at radius 3 is 2.71 bits per heavy atom. The molecule has 0 aliphatic rings. The Kier molecular flexibility index (Phi) is 4.65. The van der Waals surface area contributed by atoms with Crippen molar-refractivity contribution in [3.63, 3.8) is 0 Å². The van der Waals surface area contributed by atoms with Gasteiger partial charge in [0.1, 0.15) is 10.8 Å². The van der Waals surface area contributed by atoms with Gasteiger partial charge in [-0.1, -0.05) is 42.0 Å². The second-order valence-electron chi connectivity index (χ2n) is 4.77. The van der Waals surface area contributed by atoms with E-state index in [1.54, 1.807) is 0 Å². The topological polar surface area (TPSA) is 55.1 Å². The van der Waals surface area contributed by atoms with Gasteiger partial charge in [-0.15, -0.1) is 0 Å². The average molecular weight is 302 g/mol. The molecule has 0 saturated carbocycles. The third kappa shape index (κ3) is 4.10. The molecule has 0 unspecified atom stereocenters. The Balaban J connectivity index is 2.09. The van der Waals surface area contributed by atoms with E-state index in [2.05, 4.69) is 5.32 Å². The van der Waals surface area contributed by atoms with E-state index in [1.165, 1.54) is 18.2 Å². The van der Waals surface area contributed by atoms with Gasteiger partial charge in [0.15, 0.2) is 0 Å². The van der Waals surface area contributed by atoms with E-state index in [0.29, 0.717) is 5.69 Å². The number of thiocarbonyl (C=S) groups is 1. The highest BCUT2D eigenvalue weighted by Crippen LogP contribution is 2.15. The van der Waals surface area contributed by atoms with E-state index in [1.807, 2.05) is 31.2 Å². The lowest BCUT2D eigenvalue weighted by molar-refractivity contribution is -0.115. The van der Waals surface area contributed by atoms with Crippen LogP contribution in [-0.4, -0.2) is 10.9 Å². The highest BCUT2D eigenvalue weighted by atomic mass is 32.1. The molecule has 0 heterocycles. The van der Waals surface area contributed by atoms with E-state index < -0.39 is 5.82 Å². The quantitative estimate of drug-likeness (QED) is 0.854. The number of benzene rings is 2. The molecule has 2 rings (SSSR count). The number of nitrogens with one attached hydrogen (secondary N) is 1. The SMILES string of the molecule is Cc1cccc(CC(=O)Nc2ccc(F)c(C(N)=S)c2)c1. The van der Waals surface area contributed by atoms with Crippen molar-refractivity contribution in [1.82, 2.24) is 0 Å². The van der Waals surface area contributed by atoms with Crippen molar-refractivity contribution in [3.05, 3.63) is 65.0 Å². The van der Waals surface area contributed by atoms with Crippen LogP contribution in [0.5, 0.6) is 0 Å². The molecule has 5 heteroatoms. The van der Waals surface area contributed by atoms with Crippen molar-refractivity contribution in [3.8, 4) is 0 Å². The van der Waals surface area contributed by atoms with Crippen molar-refractivity contribution in [2.75, 3.05) is 5.32 Å². The minimum Gasteiger partial charge on any atom is -0.389 e. The van der Waals surface area contributed by atoms with Crippen LogP contribution >= 0.6 is 12.2 Å². The number of aryl methyl sites for hydroxylation is 1. The molecule has 0 bridgehead atoms. The molecular weight excluding hydrogens is 287 g/mol. The molecule has 0 saturated heterocycles. The zero-order chi connectivity index (χ0) is 15.4. The van der Waals surface area contributed by atoms with Gasteiger partial charge in [-0.3, -0.25) is 4.79 Å². The number of rotatable bonds is 4. The molecule has 0 atom stereocenters. The number of carbonyl (C=O) groups is 1. The van der Waals surface area contributed by atoms with Gasteiger partial charge in [-0.2, -0.15) is 0 Å². The summed E-state index contributed by atoms with van der Waals surface area (Å²) in [5.41, 5.74) is 8.04. The molecule has 1 amide bonds. The van der Waals surface area contributed by atoms with Crippen LogP contribution in [0.3, 0.4) is 0 Å². The maximum atomic E-state index is 13.5. The molecule has 0 aromatic heterocycles. The molecule has 21 heavy (non-hydrogen) atoms. The lowest BCUT2D eigenvalue weighted by Gasteiger charge is -2.08. The fourth-order valence-electron chi connectivity index (χ4n) is 2.00. The lowest BCUT2D eigenvalue weighted by atomic mass is 10.1. The van der Waals surface area contributed by atoms with Gasteiger partial charge in [0, 0.05) is 11.3 Å². The number of hydrogen-bond acceptors (Lipinski definition) is 2. The Hall–Kier alpha value is -2.27. The van der Waals surface area contributed by atoms with Gasteiger partial charge in [0.05, 0.1) is 6.42 Å². The van der Waals surface area contributed by atoms with E-state index in [0.717, 1.165) is 11.1 Å². The van der Waals surface area contributed by atoms with Crippen molar-refractivity contribution >= 4 is 28.8 Å². The molecule has 0 aliphatic heterocycles. The van der Waals surface area contributed by atoms with Crippen LogP contribution in [0.1, 0.15) is 16.7 Å². The van der Waals surface area contributed by atoms with Gasteiger partial charge in [0.2, 0.25) is 5.91 Å². The van der Waals surface area contributed by atoms with Crippen LogP contribution in [0.4, 0.5) is 10.1 Å². The van der Waals surface area contributed by atoms with Crippen LogP contribution in [0.2, 0.25) is 0 Å². The molecular formula is C16H15FN2OS. The van der Waals surface area contributed by atoms with E-state index >= 15 is 0 Å². The minimum absolute atomic E-state index is 0.0396. The lowest BCUT2D eigenvalue weighted by Crippen LogP contribution is -2.16. The monoisotopic (exact) mass is 302 g/mol. The molecule has 108 valence electrons. The van der Waals surface area contributed by atoms with Crippen LogP contribution in [0.15, 0.2) is 42.5 Å². The second kappa shape index (κ2) is 6.45. The number of amides is 1. The zero-order valence-corrected chi connectivity index (χ0v) is 12.3. The molecule has 0 radical (unpaired) electrons.